The van der Waals surface area contributed by atoms with Gasteiger partial charge in [0, 0.05) is 25.7 Å². The van der Waals surface area contributed by atoms with Crippen molar-refractivity contribution in [1.29, 1.82) is 0 Å². The fourth-order valence-corrected chi connectivity index (χ4v) is 14.0. The van der Waals surface area contributed by atoms with Crippen LogP contribution in [0.25, 0.3) is 0 Å². The molecule has 0 heterocycles. The molecule has 0 amide bonds. The van der Waals surface area contributed by atoms with Gasteiger partial charge in [0.2, 0.25) is 0 Å². The van der Waals surface area contributed by atoms with Gasteiger partial charge in [0.25, 0.3) is 0 Å². The summed E-state index contributed by atoms with van der Waals surface area (Å²) in [5.74, 6) is -2.10. The molecule has 0 saturated heterocycles. The van der Waals surface area contributed by atoms with Crippen LogP contribution < -0.4 is 0 Å². The second-order valence-corrected chi connectivity index (χ2v) is 31.7. The van der Waals surface area contributed by atoms with Crippen LogP contribution in [0.15, 0.2) is 0 Å². The summed E-state index contributed by atoms with van der Waals surface area (Å²) < 4.78 is 68.7. The van der Waals surface area contributed by atoms with E-state index in [1.807, 2.05) is 0 Å². The second kappa shape index (κ2) is 74.3. The molecule has 0 aliphatic rings. The highest BCUT2D eigenvalue weighted by Gasteiger charge is 2.30. The van der Waals surface area contributed by atoms with E-state index in [-0.39, 0.29) is 25.7 Å². The number of hydrogen-bond donors (Lipinski definition) is 3. The van der Waals surface area contributed by atoms with Crippen LogP contribution >= 0.6 is 15.6 Å². The molecule has 99 heavy (non-hydrogen) atoms. The lowest BCUT2D eigenvalue weighted by atomic mass is 10.0. The highest BCUT2D eigenvalue weighted by Crippen LogP contribution is 2.45. The average molecular weight is 1450 g/mol. The van der Waals surface area contributed by atoms with Gasteiger partial charge in [-0.1, -0.05) is 381 Å². The molecule has 19 heteroatoms. The molecule has 3 N–H and O–H groups in total. The van der Waals surface area contributed by atoms with Crippen molar-refractivity contribution in [2.75, 3.05) is 39.6 Å². The summed E-state index contributed by atoms with van der Waals surface area (Å²) in [7, 11) is -9.92. The van der Waals surface area contributed by atoms with Gasteiger partial charge in [-0.25, -0.2) is 9.13 Å². The van der Waals surface area contributed by atoms with E-state index >= 15 is 0 Å². The van der Waals surface area contributed by atoms with Crippen molar-refractivity contribution >= 4 is 39.5 Å². The summed E-state index contributed by atoms with van der Waals surface area (Å²) in [4.78, 5) is 73.0. The number of aliphatic hydroxyl groups excluding tert-OH is 1. The molecule has 0 aromatic heterocycles. The van der Waals surface area contributed by atoms with E-state index < -0.39 is 97.5 Å². The van der Waals surface area contributed by atoms with Gasteiger partial charge in [0.1, 0.15) is 19.3 Å². The van der Waals surface area contributed by atoms with Gasteiger partial charge < -0.3 is 33.8 Å². The van der Waals surface area contributed by atoms with E-state index in [1.165, 1.54) is 263 Å². The van der Waals surface area contributed by atoms with Crippen LogP contribution in [0.4, 0.5) is 0 Å². The minimum atomic E-state index is -4.96. The van der Waals surface area contributed by atoms with Gasteiger partial charge in [-0.15, -0.1) is 0 Å². The van der Waals surface area contributed by atoms with Crippen LogP contribution in [-0.2, 0) is 65.4 Å². The zero-order valence-electron chi connectivity index (χ0n) is 64.5. The quantitative estimate of drug-likeness (QED) is 0.0222. The first-order valence-electron chi connectivity index (χ1n) is 41.8. The number of hydrogen-bond acceptors (Lipinski definition) is 15. The summed E-state index contributed by atoms with van der Waals surface area (Å²) >= 11 is 0. The van der Waals surface area contributed by atoms with Crippen molar-refractivity contribution in [1.82, 2.24) is 0 Å². The molecule has 588 valence electrons. The van der Waals surface area contributed by atoms with Crippen molar-refractivity contribution in [3.63, 3.8) is 0 Å². The van der Waals surface area contributed by atoms with Crippen LogP contribution in [0, 0.1) is 0 Å². The molecule has 2 unspecified atom stereocenters. The Kier molecular flexibility index (Phi) is 72.9. The molecule has 0 bridgehead atoms. The maximum absolute atomic E-state index is 13.1. The summed E-state index contributed by atoms with van der Waals surface area (Å²) in [6.07, 6.45) is 66.4. The van der Waals surface area contributed by atoms with Gasteiger partial charge in [-0.3, -0.25) is 37.3 Å². The predicted molar refractivity (Wildman–Crippen MR) is 405 cm³/mol. The number of phosphoric acid groups is 2. The standard InChI is InChI=1S/C80H156O17P2/c1-5-9-13-17-21-25-29-32-35-37-39-42-45-49-53-57-61-65-78(83)91-71-76(97-80(85)67-63-59-55-51-47-43-40-38-36-33-30-26-22-18-14-10-6-2)73-95-99(88,89)93-69-74(81)68-92-98(86,87)94-72-75(70-90-77(82)64-60-56-52-48-44-28-24-20-16-12-8-4)96-79(84)66-62-58-54-50-46-41-34-31-27-23-19-15-11-7-3/h74-76,81H,5-73H2,1-4H3,(H,86,87)(H,88,89)/t74-,75+,76+/m0/s1. The van der Waals surface area contributed by atoms with E-state index in [0.29, 0.717) is 25.7 Å². The van der Waals surface area contributed by atoms with Gasteiger partial charge in [-0.05, 0) is 25.7 Å². The number of esters is 4. The Morgan fingerprint density at radius 2 is 0.404 bits per heavy atom. The van der Waals surface area contributed by atoms with Crippen molar-refractivity contribution in [2.24, 2.45) is 0 Å². The molecule has 0 rings (SSSR count). The maximum atomic E-state index is 13.1. The monoisotopic (exact) mass is 1450 g/mol. The first kappa shape index (κ1) is 97.1. The number of phosphoric ester groups is 2. The van der Waals surface area contributed by atoms with E-state index in [1.54, 1.807) is 0 Å². The van der Waals surface area contributed by atoms with Gasteiger partial charge >= 0.3 is 39.5 Å². The highest BCUT2D eigenvalue weighted by atomic mass is 31.2. The molecule has 0 aliphatic carbocycles. The molecule has 0 spiro atoms. The predicted octanol–water partition coefficient (Wildman–Crippen LogP) is 24.2. The lowest BCUT2D eigenvalue weighted by Crippen LogP contribution is -2.30. The Hall–Kier alpha value is -1.94. The molecular weight excluding hydrogens is 1290 g/mol. The minimum absolute atomic E-state index is 0.109. The molecule has 0 fully saturated rings. The van der Waals surface area contributed by atoms with Crippen LogP contribution in [0.2, 0.25) is 0 Å². The third kappa shape index (κ3) is 74.1. The largest absolute Gasteiger partial charge is 0.472 e. The molecule has 0 aliphatic heterocycles. The number of ether oxygens (including phenoxy) is 4. The Balaban J connectivity index is 5.24. The smallest absolute Gasteiger partial charge is 0.462 e. The molecule has 0 radical (unpaired) electrons. The molecule has 0 aromatic rings. The molecule has 0 aromatic carbocycles. The van der Waals surface area contributed by atoms with Crippen molar-refractivity contribution < 1.29 is 80.2 Å². The van der Waals surface area contributed by atoms with Crippen LogP contribution in [0.5, 0.6) is 0 Å². The lowest BCUT2D eigenvalue weighted by Gasteiger charge is -2.21. The van der Waals surface area contributed by atoms with Gasteiger partial charge in [0.05, 0.1) is 26.4 Å². The minimum Gasteiger partial charge on any atom is -0.462 e. The number of carbonyl (C=O) groups is 4. The van der Waals surface area contributed by atoms with E-state index in [4.69, 9.17) is 37.0 Å². The van der Waals surface area contributed by atoms with Crippen LogP contribution in [0.1, 0.15) is 432 Å². The number of unbranched alkanes of at least 4 members (excludes halogenated alkanes) is 55. The number of aliphatic hydroxyl groups is 1. The summed E-state index contributed by atoms with van der Waals surface area (Å²) in [6.45, 7) is 5.03. The van der Waals surface area contributed by atoms with Crippen LogP contribution in [0.3, 0.4) is 0 Å². The third-order valence-corrected chi connectivity index (χ3v) is 20.8. The SMILES string of the molecule is CCCCCCCCCCCCCCCCCCCC(=O)OC[C@H](COP(=O)(O)OC[C@@H](O)COP(=O)(O)OC[C@@H](COC(=O)CCCCCCCCCCCCC)OC(=O)CCCCCCCCCCCCCCCC)OC(=O)CCCCCCCCCCCCCCCCCCC. The fourth-order valence-electron chi connectivity index (χ4n) is 12.5. The summed E-state index contributed by atoms with van der Waals surface area (Å²) in [6, 6.07) is 0. The first-order chi connectivity index (χ1) is 48.2. The molecular formula is C80H156O17P2. The van der Waals surface area contributed by atoms with Gasteiger partial charge in [0.15, 0.2) is 12.2 Å². The Morgan fingerprint density at radius 3 is 0.596 bits per heavy atom. The molecule has 17 nitrogen and oxygen atoms in total. The van der Waals surface area contributed by atoms with E-state index in [0.717, 1.165) is 89.9 Å². The Bertz CT molecular complexity index is 1880. The first-order valence-corrected chi connectivity index (χ1v) is 44.8. The topological polar surface area (TPSA) is 237 Å². The van der Waals surface area contributed by atoms with Crippen molar-refractivity contribution in [3.8, 4) is 0 Å². The van der Waals surface area contributed by atoms with Crippen molar-refractivity contribution in [3.05, 3.63) is 0 Å². The number of carbonyl (C=O) groups excluding carboxylic acids is 4. The summed E-state index contributed by atoms with van der Waals surface area (Å²) in [5.41, 5.74) is 0. The highest BCUT2D eigenvalue weighted by molar-refractivity contribution is 7.47. The number of rotatable bonds is 81. The zero-order valence-corrected chi connectivity index (χ0v) is 66.3. The van der Waals surface area contributed by atoms with E-state index in [9.17, 15) is 43.2 Å². The van der Waals surface area contributed by atoms with Crippen molar-refractivity contribution in [2.45, 2.75) is 451 Å². The zero-order chi connectivity index (χ0) is 72.5. The maximum Gasteiger partial charge on any atom is 0.472 e. The molecule has 5 atom stereocenters. The Labute approximate surface area is 607 Å². The third-order valence-electron chi connectivity index (χ3n) is 18.9. The normalized spacial score (nSPS) is 13.8. The Morgan fingerprint density at radius 1 is 0.242 bits per heavy atom. The lowest BCUT2D eigenvalue weighted by molar-refractivity contribution is -0.161. The molecule has 0 saturated carbocycles. The van der Waals surface area contributed by atoms with Gasteiger partial charge in [-0.2, -0.15) is 0 Å². The van der Waals surface area contributed by atoms with E-state index in [2.05, 4.69) is 27.7 Å². The average Bonchev–Trinajstić information content (AvgIpc) is 1.02. The van der Waals surface area contributed by atoms with Crippen LogP contribution in [-0.4, -0.2) is 96.7 Å². The second-order valence-electron chi connectivity index (χ2n) is 28.8. The fraction of sp³-hybridized carbons (Fsp3) is 0.950. The summed E-state index contributed by atoms with van der Waals surface area (Å²) in [5, 5.41) is 10.6.